The maximum absolute atomic E-state index is 13.2. The summed E-state index contributed by atoms with van der Waals surface area (Å²) in [5, 5.41) is 20.8. The normalized spacial score (nSPS) is 16.7. The number of amidine groups is 1. The molecule has 188 valence electrons. The van der Waals surface area contributed by atoms with Crippen LogP contribution in [-0.2, 0) is 11.3 Å². The lowest BCUT2D eigenvalue weighted by Gasteiger charge is -2.20. The van der Waals surface area contributed by atoms with Crippen molar-refractivity contribution in [3.8, 4) is 11.9 Å². The third-order valence-corrected chi connectivity index (χ3v) is 6.94. The van der Waals surface area contributed by atoms with E-state index in [1.54, 1.807) is 42.6 Å². The van der Waals surface area contributed by atoms with Gasteiger partial charge < -0.3 is 15.4 Å². The number of hydrogen-bond acceptors (Lipinski definition) is 7. The lowest BCUT2D eigenvalue weighted by atomic mass is 10.1. The number of pyridine rings is 1. The van der Waals surface area contributed by atoms with Gasteiger partial charge in [0.25, 0.3) is 0 Å². The van der Waals surface area contributed by atoms with Crippen LogP contribution in [0.3, 0.4) is 0 Å². The van der Waals surface area contributed by atoms with Crippen molar-refractivity contribution < 1.29 is 9.53 Å². The number of thioether (sulfide) groups is 1. The molecular formula is C29H24N6O2S. The van der Waals surface area contributed by atoms with Gasteiger partial charge in [-0.3, -0.25) is 9.78 Å². The highest BCUT2D eigenvalue weighted by atomic mass is 32.2. The van der Waals surface area contributed by atoms with Crippen LogP contribution in [0.2, 0.25) is 0 Å². The maximum Gasteiger partial charge on any atom is 0.309 e. The molecule has 2 heterocycles. The van der Waals surface area contributed by atoms with Gasteiger partial charge in [-0.25, -0.2) is 5.32 Å². The van der Waals surface area contributed by atoms with Crippen LogP contribution in [0.25, 0.3) is 10.9 Å². The zero-order valence-corrected chi connectivity index (χ0v) is 21.1. The van der Waals surface area contributed by atoms with Crippen LogP contribution in [-0.4, -0.2) is 28.2 Å². The summed E-state index contributed by atoms with van der Waals surface area (Å²) in [6.07, 6.45) is 5.65. The Hall–Kier alpha value is -4.65. The van der Waals surface area contributed by atoms with Crippen molar-refractivity contribution >= 4 is 46.0 Å². The van der Waals surface area contributed by atoms with Crippen LogP contribution < -0.4 is 20.7 Å². The fourth-order valence-electron chi connectivity index (χ4n) is 4.05. The van der Waals surface area contributed by atoms with Gasteiger partial charge in [0.05, 0.1) is 11.2 Å². The molecule has 8 nitrogen and oxygen atoms in total. The maximum atomic E-state index is 13.2. The van der Waals surface area contributed by atoms with Gasteiger partial charge in [-0.1, -0.05) is 48.5 Å². The van der Waals surface area contributed by atoms with Crippen molar-refractivity contribution in [1.82, 2.24) is 15.6 Å². The molecule has 0 aliphatic carbocycles. The second kappa shape index (κ2) is 12.1. The SMILES string of the molecule is N#CNC(=Nc1cccc(NC(=O)C2SC=CC2NCc2ccnc3ccccc23)c1)Oc1ccccc1. The summed E-state index contributed by atoms with van der Waals surface area (Å²) in [5.74, 6) is 0.427. The molecule has 3 N–H and O–H groups in total. The smallest absolute Gasteiger partial charge is 0.309 e. The van der Waals surface area contributed by atoms with E-state index >= 15 is 0 Å². The van der Waals surface area contributed by atoms with Gasteiger partial charge >= 0.3 is 6.02 Å². The van der Waals surface area contributed by atoms with Crippen LogP contribution in [0, 0.1) is 11.5 Å². The van der Waals surface area contributed by atoms with E-state index in [1.165, 1.54) is 11.8 Å². The number of carbonyl (C=O) groups excluding carboxylic acids is 1. The molecule has 0 spiro atoms. The molecule has 1 aliphatic rings. The number of hydrogen-bond donors (Lipinski definition) is 3. The molecule has 0 saturated heterocycles. The third kappa shape index (κ3) is 6.18. The van der Waals surface area contributed by atoms with E-state index in [-0.39, 0.29) is 23.2 Å². The minimum Gasteiger partial charge on any atom is -0.425 e. The molecule has 0 bridgehead atoms. The monoisotopic (exact) mass is 520 g/mol. The number of fused-ring (bicyclic) bond motifs is 1. The van der Waals surface area contributed by atoms with Crippen molar-refractivity contribution in [3.05, 3.63) is 108 Å². The summed E-state index contributed by atoms with van der Waals surface area (Å²) in [5.41, 5.74) is 3.19. The number of rotatable bonds is 7. The average Bonchev–Trinajstić information content (AvgIpc) is 3.42. The molecule has 0 radical (unpaired) electrons. The zero-order chi connectivity index (χ0) is 26.2. The Labute approximate surface area is 224 Å². The van der Waals surface area contributed by atoms with E-state index in [4.69, 9.17) is 10.00 Å². The number of para-hydroxylation sites is 2. The first-order valence-corrected chi connectivity index (χ1v) is 12.9. The first-order chi connectivity index (χ1) is 18.7. The summed E-state index contributed by atoms with van der Waals surface area (Å²) < 4.78 is 5.67. The number of nitrogens with one attached hydrogen (secondary N) is 3. The average molecular weight is 521 g/mol. The van der Waals surface area contributed by atoms with E-state index < -0.39 is 0 Å². The number of nitrogens with zero attached hydrogens (tertiary/aromatic N) is 3. The second-order valence-corrected chi connectivity index (χ2v) is 9.44. The second-order valence-electron chi connectivity index (χ2n) is 8.39. The Balaban J connectivity index is 1.24. The Morgan fingerprint density at radius 1 is 1.05 bits per heavy atom. The quantitative estimate of drug-likeness (QED) is 0.135. The van der Waals surface area contributed by atoms with Gasteiger partial charge in [0.1, 0.15) is 11.0 Å². The van der Waals surface area contributed by atoms with E-state index in [0.717, 1.165) is 16.5 Å². The molecule has 4 aromatic rings. The standard InChI is InChI=1S/C29H24N6O2S/c30-19-33-29(37-23-9-2-1-3-10-23)35-22-8-6-7-21(17-22)34-28(36)27-26(14-16-38-27)32-18-20-13-15-31-25-12-5-4-11-24(20)25/h1-17,26-27,32H,18H2,(H,33,35)(H,34,36). The number of amides is 1. The summed E-state index contributed by atoms with van der Waals surface area (Å²) in [4.78, 5) is 22.0. The first kappa shape index (κ1) is 25.0. The molecule has 2 unspecified atom stereocenters. The molecule has 38 heavy (non-hydrogen) atoms. The molecule has 1 amide bonds. The summed E-state index contributed by atoms with van der Waals surface area (Å²) in [7, 11) is 0. The molecule has 1 aromatic heterocycles. The molecule has 5 rings (SSSR count). The van der Waals surface area contributed by atoms with Crippen molar-refractivity contribution in [2.75, 3.05) is 5.32 Å². The highest BCUT2D eigenvalue weighted by Crippen LogP contribution is 2.28. The fraction of sp³-hybridized carbons (Fsp3) is 0.103. The number of benzene rings is 3. The highest BCUT2D eigenvalue weighted by Gasteiger charge is 2.30. The van der Waals surface area contributed by atoms with Gasteiger partial charge in [0, 0.05) is 29.9 Å². The van der Waals surface area contributed by atoms with Crippen LogP contribution in [0.4, 0.5) is 11.4 Å². The van der Waals surface area contributed by atoms with Crippen LogP contribution >= 0.6 is 11.8 Å². The molecule has 0 saturated carbocycles. The summed E-state index contributed by atoms with van der Waals surface area (Å²) in [6, 6.07) is 26.0. The van der Waals surface area contributed by atoms with Crippen LogP contribution in [0.1, 0.15) is 5.56 Å². The van der Waals surface area contributed by atoms with Crippen molar-refractivity contribution in [1.29, 1.82) is 5.26 Å². The predicted molar refractivity (Wildman–Crippen MR) is 151 cm³/mol. The topological polar surface area (TPSA) is 111 Å². The molecular weight excluding hydrogens is 496 g/mol. The Bertz CT molecular complexity index is 1530. The van der Waals surface area contributed by atoms with E-state index in [2.05, 4.69) is 32.0 Å². The lowest BCUT2D eigenvalue weighted by molar-refractivity contribution is -0.115. The van der Waals surface area contributed by atoms with Crippen LogP contribution in [0.15, 0.2) is 108 Å². The largest absolute Gasteiger partial charge is 0.425 e. The van der Waals surface area contributed by atoms with Crippen LogP contribution in [0.5, 0.6) is 5.75 Å². The molecule has 1 aliphatic heterocycles. The van der Waals surface area contributed by atoms with E-state index in [0.29, 0.717) is 23.7 Å². The Morgan fingerprint density at radius 2 is 1.89 bits per heavy atom. The number of carbonyl (C=O) groups is 1. The lowest BCUT2D eigenvalue weighted by Crippen LogP contribution is -2.41. The third-order valence-electron chi connectivity index (χ3n) is 5.83. The number of ether oxygens (including phenoxy) is 1. The van der Waals surface area contributed by atoms with Gasteiger partial charge in [0.2, 0.25) is 5.91 Å². The van der Waals surface area contributed by atoms with E-state index in [9.17, 15) is 4.79 Å². The van der Waals surface area contributed by atoms with Gasteiger partial charge in [-0.2, -0.15) is 10.3 Å². The zero-order valence-electron chi connectivity index (χ0n) is 20.2. The number of aliphatic imine (C=N–C) groups is 1. The van der Waals surface area contributed by atoms with Gasteiger partial charge in [-0.15, -0.1) is 11.8 Å². The number of aromatic nitrogens is 1. The molecule has 0 fully saturated rings. The Morgan fingerprint density at radius 3 is 2.76 bits per heavy atom. The minimum atomic E-state index is -0.326. The Kier molecular flexibility index (Phi) is 7.94. The molecule has 2 atom stereocenters. The molecule has 3 aromatic carbocycles. The number of anilines is 1. The van der Waals surface area contributed by atoms with Gasteiger partial charge in [-0.05, 0) is 53.4 Å². The number of nitriles is 1. The van der Waals surface area contributed by atoms with Crippen molar-refractivity contribution in [2.24, 2.45) is 4.99 Å². The summed E-state index contributed by atoms with van der Waals surface area (Å²) in [6.45, 7) is 0.614. The van der Waals surface area contributed by atoms with Crippen molar-refractivity contribution in [2.45, 2.75) is 17.8 Å². The van der Waals surface area contributed by atoms with Crippen molar-refractivity contribution in [3.63, 3.8) is 0 Å². The predicted octanol–water partition coefficient (Wildman–Crippen LogP) is 5.10. The fourth-order valence-corrected chi connectivity index (χ4v) is 5.01. The van der Waals surface area contributed by atoms with Gasteiger partial charge in [0.15, 0.2) is 6.19 Å². The van der Waals surface area contributed by atoms with E-state index in [1.807, 2.05) is 60.1 Å². The summed E-state index contributed by atoms with van der Waals surface area (Å²) >= 11 is 1.48. The highest BCUT2D eigenvalue weighted by molar-refractivity contribution is 8.03. The molecule has 9 heteroatoms. The minimum absolute atomic E-state index is 0.0330. The first-order valence-electron chi connectivity index (χ1n) is 12.0.